The van der Waals surface area contributed by atoms with E-state index in [2.05, 4.69) is 15.6 Å². The highest BCUT2D eigenvalue weighted by Crippen LogP contribution is 2.14. The summed E-state index contributed by atoms with van der Waals surface area (Å²) in [5.74, 6) is 0.467. The number of aromatic nitrogens is 1. The first-order chi connectivity index (χ1) is 13.2. The summed E-state index contributed by atoms with van der Waals surface area (Å²) in [5, 5.41) is 5.73. The van der Waals surface area contributed by atoms with Gasteiger partial charge in [0.25, 0.3) is 0 Å². The first-order valence-corrected chi connectivity index (χ1v) is 8.97. The van der Waals surface area contributed by atoms with Crippen molar-refractivity contribution < 1.29 is 14.3 Å². The number of piperazine rings is 1. The zero-order valence-electron chi connectivity index (χ0n) is 15.4. The lowest BCUT2D eigenvalue weighted by Gasteiger charge is -2.34. The van der Waals surface area contributed by atoms with E-state index in [1.807, 2.05) is 47.4 Å². The van der Waals surface area contributed by atoms with Gasteiger partial charge in [-0.3, -0.25) is 19.5 Å². The summed E-state index contributed by atoms with van der Waals surface area (Å²) in [4.78, 5) is 31.1. The van der Waals surface area contributed by atoms with Crippen molar-refractivity contribution >= 4 is 11.8 Å². The summed E-state index contributed by atoms with van der Waals surface area (Å²) < 4.78 is 5.19. The predicted octanol–water partition coefficient (Wildman–Crippen LogP) is 1.10. The molecule has 0 saturated carbocycles. The molecule has 7 heteroatoms. The van der Waals surface area contributed by atoms with Gasteiger partial charge in [0, 0.05) is 32.4 Å². The van der Waals surface area contributed by atoms with Crippen molar-refractivity contribution in [2.75, 3.05) is 20.2 Å². The largest absolute Gasteiger partial charge is 0.497 e. The molecule has 3 rings (SSSR count). The molecule has 1 atom stereocenters. The molecule has 1 fully saturated rings. The van der Waals surface area contributed by atoms with Crippen molar-refractivity contribution in [2.24, 2.45) is 0 Å². The Morgan fingerprint density at radius 3 is 3.00 bits per heavy atom. The van der Waals surface area contributed by atoms with Crippen LogP contribution >= 0.6 is 0 Å². The summed E-state index contributed by atoms with van der Waals surface area (Å²) in [6, 6.07) is 12.7. The number of nitrogens with one attached hydrogen (secondary N) is 2. The molecule has 0 unspecified atom stereocenters. The normalized spacial score (nSPS) is 17.2. The van der Waals surface area contributed by atoms with Gasteiger partial charge >= 0.3 is 0 Å². The fraction of sp³-hybridized carbons (Fsp3) is 0.350. The fourth-order valence-electron chi connectivity index (χ4n) is 3.10. The first-order valence-electron chi connectivity index (χ1n) is 8.97. The summed E-state index contributed by atoms with van der Waals surface area (Å²) in [6.45, 7) is 2.20. The fourth-order valence-corrected chi connectivity index (χ4v) is 3.10. The van der Waals surface area contributed by atoms with Gasteiger partial charge in [-0.25, -0.2) is 0 Å². The molecule has 2 amide bonds. The van der Waals surface area contributed by atoms with Crippen LogP contribution in [0.2, 0.25) is 0 Å². The Balaban J connectivity index is 1.58. The van der Waals surface area contributed by atoms with Crippen LogP contribution in [0.1, 0.15) is 17.7 Å². The van der Waals surface area contributed by atoms with E-state index in [0.29, 0.717) is 26.2 Å². The lowest BCUT2D eigenvalue weighted by atomic mass is 10.1. The Morgan fingerprint density at radius 2 is 2.22 bits per heavy atom. The van der Waals surface area contributed by atoms with Gasteiger partial charge < -0.3 is 15.4 Å². The number of pyridine rings is 1. The third-order valence-corrected chi connectivity index (χ3v) is 4.54. The molecule has 0 bridgehead atoms. The lowest BCUT2D eigenvalue weighted by molar-refractivity contribution is -0.134. The van der Waals surface area contributed by atoms with Gasteiger partial charge in [-0.15, -0.1) is 0 Å². The van der Waals surface area contributed by atoms with E-state index in [0.717, 1.165) is 17.0 Å². The van der Waals surface area contributed by atoms with E-state index >= 15 is 0 Å². The molecule has 1 saturated heterocycles. The van der Waals surface area contributed by atoms with Gasteiger partial charge in [0.15, 0.2) is 0 Å². The molecule has 1 aromatic carbocycles. The van der Waals surface area contributed by atoms with Crippen LogP contribution in [0, 0.1) is 0 Å². The third kappa shape index (κ3) is 5.27. The van der Waals surface area contributed by atoms with E-state index in [9.17, 15) is 9.59 Å². The molecule has 2 N–H and O–H groups in total. The molecule has 1 aliphatic rings. The monoisotopic (exact) mass is 368 g/mol. The van der Waals surface area contributed by atoms with Gasteiger partial charge in [0.05, 0.1) is 25.3 Å². The van der Waals surface area contributed by atoms with Gasteiger partial charge in [-0.2, -0.15) is 0 Å². The van der Waals surface area contributed by atoms with Crippen molar-refractivity contribution in [1.29, 1.82) is 0 Å². The minimum Gasteiger partial charge on any atom is -0.497 e. The van der Waals surface area contributed by atoms with Gasteiger partial charge in [-0.05, 0) is 29.8 Å². The number of hydrogen-bond donors (Lipinski definition) is 2. The molecule has 2 heterocycles. The standard InChI is InChI=1S/C20H24N4O3/c1-27-17-7-4-5-15(11-17)13-23-19(25)12-18-20(26)22-9-10-24(18)14-16-6-2-3-8-21-16/h2-8,11,18H,9-10,12-14H2,1H3,(H,22,26)(H,23,25)/t18-/m0/s1. The van der Waals surface area contributed by atoms with Gasteiger partial charge in [0.1, 0.15) is 5.75 Å². The number of methoxy groups -OCH3 is 1. The highest BCUT2D eigenvalue weighted by molar-refractivity contribution is 5.88. The molecular weight excluding hydrogens is 344 g/mol. The van der Waals surface area contributed by atoms with Crippen LogP contribution in [0.15, 0.2) is 48.7 Å². The van der Waals surface area contributed by atoms with Crippen molar-refractivity contribution in [2.45, 2.75) is 25.6 Å². The number of carbonyl (C=O) groups excluding carboxylic acids is 2. The molecule has 1 aromatic heterocycles. The van der Waals surface area contributed by atoms with E-state index in [1.54, 1.807) is 13.3 Å². The Bertz CT molecular complexity index is 782. The Kier molecular flexibility index (Phi) is 6.38. The Labute approximate surface area is 158 Å². The third-order valence-electron chi connectivity index (χ3n) is 4.54. The zero-order valence-corrected chi connectivity index (χ0v) is 15.4. The number of amides is 2. The summed E-state index contributed by atoms with van der Waals surface area (Å²) in [7, 11) is 1.61. The molecule has 2 aromatic rings. The zero-order chi connectivity index (χ0) is 19.1. The van der Waals surface area contributed by atoms with Crippen LogP contribution in [0.4, 0.5) is 0 Å². The van der Waals surface area contributed by atoms with Crippen molar-refractivity contribution in [3.63, 3.8) is 0 Å². The van der Waals surface area contributed by atoms with Gasteiger partial charge in [0.2, 0.25) is 11.8 Å². The number of benzene rings is 1. The highest BCUT2D eigenvalue weighted by atomic mass is 16.5. The average molecular weight is 368 g/mol. The van der Waals surface area contributed by atoms with Crippen LogP contribution < -0.4 is 15.4 Å². The number of rotatable bonds is 7. The SMILES string of the molecule is COc1cccc(CNC(=O)C[C@H]2C(=O)NCCN2Cc2ccccn2)c1. The molecule has 1 aliphatic heterocycles. The molecular formula is C20H24N4O3. The second kappa shape index (κ2) is 9.14. The van der Waals surface area contributed by atoms with Crippen LogP contribution in [-0.4, -0.2) is 47.9 Å². The molecule has 0 radical (unpaired) electrons. The van der Waals surface area contributed by atoms with Gasteiger partial charge in [-0.1, -0.05) is 18.2 Å². The highest BCUT2D eigenvalue weighted by Gasteiger charge is 2.31. The molecule has 0 spiro atoms. The van der Waals surface area contributed by atoms with Crippen molar-refractivity contribution in [3.05, 3.63) is 59.9 Å². The maximum Gasteiger partial charge on any atom is 0.237 e. The Morgan fingerprint density at radius 1 is 1.33 bits per heavy atom. The van der Waals surface area contributed by atoms with Crippen LogP contribution in [0.25, 0.3) is 0 Å². The van der Waals surface area contributed by atoms with Crippen LogP contribution in [0.3, 0.4) is 0 Å². The first kappa shape index (κ1) is 18.8. The van der Waals surface area contributed by atoms with E-state index in [4.69, 9.17) is 4.74 Å². The quantitative estimate of drug-likeness (QED) is 0.765. The molecule has 7 nitrogen and oxygen atoms in total. The maximum absolute atomic E-state index is 12.4. The lowest BCUT2D eigenvalue weighted by Crippen LogP contribution is -2.56. The summed E-state index contributed by atoms with van der Waals surface area (Å²) in [6.07, 6.45) is 1.85. The number of nitrogens with zero attached hydrogens (tertiary/aromatic N) is 2. The molecule has 142 valence electrons. The minimum absolute atomic E-state index is 0.114. The number of carbonyl (C=O) groups is 2. The maximum atomic E-state index is 12.4. The smallest absolute Gasteiger partial charge is 0.237 e. The summed E-state index contributed by atoms with van der Waals surface area (Å²) in [5.41, 5.74) is 1.83. The number of ether oxygens (including phenoxy) is 1. The van der Waals surface area contributed by atoms with E-state index in [-0.39, 0.29) is 18.2 Å². The minimum atomic E-state index is -0.494. The van der Waals surface area contributed by atoms with Crippen LogP contribution in [-0.2, 0) is 22.7 Å². The van der Waals surface area contributed by atoms with E-state index < -0.39 is 6.04 Å². The molecule has 27 heavy (non-hydrogen) atoms. The molecule has 0 aliphatic carbocycles. The second-order valence-electron chi connectivity index (χ2n) is 6.43. The van der Waals surface area contributed by atoms with E-state index in [1.165, 1.54) is 0 Å². The van der Waals surface area contributed by atoms with Crippen molar-refractivity contribution in [1.82, 2.24) is 20.5 Å². The van der Waals surface area contributed by atoms with Crippen molar-refractivity contribution in [3.8, 4) is 5.75 Å². The number of hydrogen-bond acceptors (Lipinski definition) is 5. The average Bonchev–Trinajstić information content (AvgIpc) is 2.70. The second-order valence-corrected chi connectivity index (χ2v) is 6.43. The van der Waals surface area contributed by atoms with Crippen LogP contribution in [0.5, 0.6) is 5.75 Å². The topological polar surface area (TPSA) is 83.6 Å². The predicted molar refractivity (Wildman–Crippen MR) is 101 cm³/mol. The summed E-state index contributed by atoms with van der Waals surface area (Å²) >= 11 is 0. The Hall–Kier alpha value is -2.93.